The highest BCUT2D eigenvalue weighted by molar-refractivity contribution is 5.82. The summed E-state index contributed by atoms with van der Waals surface area (Å²) >= 11 is 0. The minimum Gasteiger partial charge on any atom is -0.374 e. The van der Waals surface area contributed by atoms with E-state index < -0.39 is 0 Å². The van der Waals surface area contributed by atoms with E-state index in [1.807, 2.05) is 24.4 Å². The van der Waals surface area contributed by atoms with Crippen LogP contribution in [0.25, 0.3) is 5.57 Å². The monoisotopic (exact) mass is 384 g/mol. The van der Waals surface area contributed by atoms with Crippen molar-refractivity contribution in [1.29, 1.82) is 0 Å². The van der Waals surface area contributed by atoms with Crippen molar-refractivity contribution in [3.63, 3.8) is 0 Å². The van der Waals surface area contributed by atoms with Crippen molar-refractivity contribution in [2.24, 2.45) is 0 Å². The SMILES string of the molecule is c1ccc(C(=C2CCN(CCOCc3ccccn3)CC2)c2ccccc2)cc1. The van der Waals surface area contributed by atoms with Crippen molar-refractivity contribution in [2.75, 3.05) is 26.2 Å². The van der Waals surface area contributed by atoms with Gasteiger partial charge in [0.2, 0.25) is 0 Å². The van der Waals surface area contributed by atoms with Gasteiger partial charge in [0.05, 0.1) is 18.9 Å². The fourth-order valence-electron chi connectivity index (χ4n) is 3.94. The molecule has 0 amide bonds. The average Bonchev–Trinajstić information content (AvgIpc) is 2.80. The molecule has 0 atom stereocenters. The number of hydrogen-bond donors (Lipinski definition) is 0. The molecule has 1 aliphatic heterocycles. The molecule has 0 spiro atoms. The van der Waals surface area contributed by atoms with Gasteiger partial charge in [0.1, 0.15) is 0 Å². The van der Waals surface area contributed by atoms with Crippen molar-refractivity contribution in [3.05, 3.63) is 107 Å². The first-order valence-corrected chi connectivity index (χ1v) is 10.4. The van der Waals surface area contributed by atoms with Crippen LogP contribution in [0.1, 0.15) is 29.7 Å². The molecule has 4 rings (SSSR count). The van der Waals surface area contributed by atoms with Crippen LogP contribution in [0.4, 0.5) is 0 Å². The van der Waals surface area contributed by atoms with Gasteiger partial charge in [-0.05, 0) is 41.7 Å². The zero-order chi connectivity index (χ0) is 19.7. The van der Waals surface area contributed by atoms with E-state index in [1.165, 1.54) is 16.7 Å². The Balaban J connectivity index is 1.36. The Bertz CT molecular complexity index is 856. The summed E-state index contributed by atoms with van der Waals surface area (Å²) in [6.07, 6.45) is 4.03. The van der Waals surface area contributed by atoms with Gasteiger partial charge in [-0.3, -0.25) is 4.98 Å². The van der Waals surface area contributed by atoms with Crippen LogP contribution >= 0.6 is 0 Å². The number of pyridine rings is 1. The first-order valence-electron chi connectivity index (χ1n) is 10.4. The van der Waals surface area contributed by atoms with E-state index in [4.69, 9.17) is 4.74 Å². The van der Waals surface area contributed by atoms with Gasteiger partial charge in [-0.25, -0.2) is 0 Å². The number of aromatic nitrogens is 1. The van der Waals surface area contributed by atoms with Crippen LogP contribution < -0.4 is 0 Å². The number of hydrogen-bond acceptors (Lipinski definition) is 3. The van der Waals surface area contributed by atoms with Gasteiger partial charge >= 0.3 is 0 Å². The first kappa shape index (κ1) is 19.6. The summed E-state index contributed by atoms with van der Waals surface area (Å²) in [5.41, 5.74) is 6.61. The van der Waals surface area contributed by atoms with Gasteiger partial charge in [-0.15, -0.1) is 0 Å². The highest BCUT2D eigenvalue weighted by atomic mass is 16.5. The summed E-state index contributed by atoms with van der Waals surface area (Å²) < 4.78 is 5.82. The van der Waals surface area contributed by atoms with Crippen LogP contribution in [0.2, 0.25) is 0 Å². The summed E-state index contributed by atoms with van der Waals surface area (Å²) in [6.45, 7) is 4.49. The van der Waals surface area contributed by atoms with E-state index in [1.54, 1.807) is 5.57 Å². The molecule has 0 N–H and O–H groups in total. The second kappa shape index (κ2) is 10.1. The number of rotatable bonds is 7. The Morgan fingerprint density at radius 3 is 2.00 bits per heavy atom. The first-order chi connectivity index (χ1) is 14.4. The number of likely N-dealkylation sites (tertiary alicyclic amines) is 1. The van der Waals surface area contributed by atoms with Crippen LogP contribution in [-0.2, 0) is 11.3 Å². The number of ether oxygens (including phenoxy) is 1. The van der Waals surface area contributed by atoms with Gasteiger partial charge in [0.25, 0.3) is 0 Å². The summed E-state index contributed by atoms with van der Waals surface area (Å²) in [6, 6.07) is 27.6. The summed E-state index contributed by atoms with van der Waals surface area (Å²) in [7, 11) is 0. The molecular formula is C26H28N2O. The fraction of sp³-hybridized carbons (Fsp3) is 0.269. The molecular weight excluding hydrogens is 356 g/mol. The molecule has 148 valence electrons. The molecule has 1 aliphatic rings. The molecule has 3 heteroatoms. The zero-order valence-electron chi connectivity index (χ0n) is 16.8. The van der Waals surface area contributed by atoms with Crippen LogP contribution in [0.5, 0.6) is 0 Å². The van der Waals surface area contributed by atoms with E-state index in [0.717, 1.165) is 44.8 Å². The number of piperidine rings is 1. The van der Waals surface area contributed by atoms with Crippen molar-refractivity contribution >= 4 is 5.57 Å². The van der Waals surface area contributed by atoms with Crippen molar-refractivity contribution in [3.8, 4) is 0 Å². The zero-order valence-corrected chi connectivity index (χ0v) is 16.8. The predicted octanol–water partition coefficient (Wildman–Crippen LogP) is 5.20. The Morgan fingerprint density at radius 1 is 0.793 bits per heavy atom. The number of benzene rings is 2. The van der Waals surface area contributed by atoms with E-state index in [0.29, 0.717) is 6.61 Å². The maximum Gasteiger partial charge on any atom is 0.0888 e. The second-order valence-electron chi connectivity index (χ2n) is 7.43. The molecule has 0 aliphatic carbocycles. The second-order valence-corrected chi connectivity index (χ2v) is 7.43. The van der Waals surface area contributed by atoms with Gasteiger partial charge in [0, 0.05) is 25.8 Å². The Hall–Kier alpha value is -2.75. The van der Waals surface area contributed by atoms with Crippen LogP contribution in [-0.4, -0.2) is 36.1 Å². The minimum absolute atomic E-state index is 0.589. The molecule has 2 aromatic carbocycles. The van der Waals surface area contributed by atoms with E-state index >= 15 is 0 Å². The molecule has 0 unspecified atom stereocenters. The Morgan fingerprint density at radius 2 is 1.41 bits per heavy atom. The molecule has 3 nitrogen and oxygen atoms in total. The smallest absolute Gasteiger partial charge is 0.0888 e. The maximum absolute atomic E-state index is 5.82. The third-order valence-corrected chi connectivity index (χ3v) is 5.47. The standard InChI is InChI=1S/C26H28N2O/c1-3-9-22(10-4-1)26(23-11-5-2-6-12-23)24-14-17-28(18-15-24)19-20-29-21-25-13-7-8-16-27-25/h1-13,16H,14-15,17-21H2. The minimum atomic E-state index is 0.589. The summed E-state index contributed by atoms with van der Waals surface area (Å²) in [5.74, 6) is 0. The molecule has 1 saturated heterocycles. The largest absolute Gasteiger partial charge is 0.374 e. The normalized spacial score (nSPS) is 14.7. The van der Waals surface area contributed by atoms with E-state index in [2.05, 4.69) is 70.5 Å². The summed E-state index contributed by atoms with van der Waals surface area (Å²) in [4.78, 5) is 6.81. The molecule has 0 saturated carbocycles. The molecule has 2 heterocycles. The topological polar surface area (TPSA) is 25.4 Å². The Labute approximate surface area is 173 Å². The maximum atomic E-state index is 5.82. The Kier molecular flexibility index (Phi) is 6.85. The quantitative estimate of drug-likeness (QED) is 0.524. The molecule has 29 heavy (non-hydrogen) atoms. The third kappa shape index (κ3) is 5.41. The van der Waals surface area contributed by atoms with Crippen LogP contribution in [0.3, 0.4) is 0 Å². The lowest BCUT2D eigenvalue weighted by Crippen LogP contribution is -2.33. The molecule has 0 radical (unpaired) electrons. The predicted molar refractivity (Wildman–Crippen MR) is 118 cm³/mol. The van der Waals surface area contributed by atoms with E-state index in [9.17, 15) is 0 Å². The summed E-state index contributed by atoms with van der Waals surface area (Å²) in [5, 5.41) is 0. The highest BCUT2D eigenvalue weighted by Crippen LogP contribution is 2.32. The average molecular weight is 385 g/mol. The van der Waals surface area contributed by atoms with Gasteiger partial charge in [0.15, 0.2) is 0 Å². The van der Waals surface area contributed by atoms with Gasteiger partial charge in [-0.1, -0.05) is 72.3 Å². The lowest BCUT2D eigenvalue weighted by atomic mass is 9.88. The molecule has 0 bridgehead atoms. The van der Waals surface area contributed by atoms with Crippen molar-refractivity contribution < 1.29 is 4.74 Å². The third-order valence-electron chi connectivity index (χ3n) is 5.47. The van der Waals surface area contributed by atoms with Gasteiger partial charge in [-0.2, -0.15) is 0 Å². The van der Waals surface area contributed by atoms with Crippen molar-refractivity contribution in [2.45, 2.75) is 19.4 Å². The lowest BCUT2D eigenvalue weighted by Gasteiger charge is -2.30. The molecule has 1 fully saturated rings. The molecule has 1 aromatic heterocycles. The molecule has 3 aromatic rings. The fourth-order valence-corrected chi connectivity index (χ4v) is 3.94. The number of nitrogens with zero attached hydrogens (tertiary/aromatic N) is 2. The highest BCUT2D eigenvalue weighted by Gasteiger charge is 2.18. The van der Waals surface area contributed by atoms with Crippen LogP contribution in [0, 0.1) is 0 Å². The van der Waals surface area contributed by atoms with Crippen molar-refractivity contribution in [1.82, 2.24) is 9.88 Å². The van der Waals surface area contributed by atoms with Gasteiger partial charge < -0.3 is 9.64 Å². The van der Waals surface area contributed by atoms with Crippen LogP contribution in [0.15, 0.2) is 90.6 Å². The van der Waals surface area contributed by atoms with E-state index in [-0.39, 0.29) is 0 Å². The lowest BCUT2D eigenvalue weighted by molar-refractivity contribution is 0.0882.